The van der Waals surface area contributed by atoms with Crippen molar-refractivity contribution >= 4 is 17.4 Å². The van der Waals surface area contributed by atoms with Crippen LogP contribution in [0.5, 0.6) is 0 Å². The van der Waals surface area contributed by atoms with Crippen molar-refractivity contribution in [2.75, 3.05) is 13.1 Å². The van der Waals surface area contributed by atoms with Crippen molar-refractivity contribution in [2.24, 2.45) is 10.7 Å². The highest BCUT2D eigenvalue weighted by atomic mass is 32.1. The second kappa shape index (κ2) is 6.55. The number of likely N-dealkylation sites (tertiary alicyclic amines) is 1. The van der Waals surface area contributed by atoms with Crippen LogP contribution in [0, 0.1) is 6.92 Å². The maximum absolute atomic E-state index is 12.7. The SMILES string of the molecule is Cc1cn(-c2ccc(C(F)(F)F)cc2)/c(=N/C(=O)N2CC[C@@](C)(N)C2)s1. The van der Waals surface area contributed by atoms with Gasteiger partial charge in [-0.25, -0.2) is 4.79 Å². The minimum atomic E-state index is -4.39. The molecule has 2 N–H and O–H groups in total. The molecular formula is C17H19F3N4OS. The fourth-order valence-electron chi connectivity index (χ4n) is 2.83. The Kier molecular flexibility index (Phi) is 4.70. The maximum Gasteiger partial charge on any atom is 0.416 e. The number of hydrogen-bond acceptors (Lipinski definition) is 3. The molecule has 1 aliphatic rings. The summed E-state index contributed by atoms with van der Waals surface area (Å²) in [4.78, 5) is 19.5. The van der Waals surface area contributed by atoms with Gasteiger partial charge in [-0.05, 0) is 44.5 Å². The molecule has 1 saturated heterocycles. The van der Waals surface area contributed by atoms with E-state index in [-0.39, 0.29) is 6.03 Å². The van der Waals surface area contributed by atoms with E-state index in [0.717, 1.165) is 17.0 Å². The molecule has 0 unspecified atom stereocenters. The summed E-state index contributed by atoms with van der Waals surface area (Å²) in [6.45, 7) is 4.71. The van der Waals surface area contributed by atoms with Gasteiger partial charge in [-0.3, -0.25) is 4.57 Å². The van der Waals surface area contributed by atoms with Crippen LogP contribution in [0.3, 0.4) is 0 Å². The number of nitrogens with two attached hydrogens (primary N) is 1. The van der Waals surface area contributed by atoms with Gasteiger partial charge in [-0.2, -0.15) is 18.2 Å². The lowest BCUT2D eigenvalue weighted by molar-refractivity contribution is -0.137. The lowest BCUT2D eigenvalue weighted by Crippen LogP contribution is -2.40. The lowest BCUT2D eigenvalue weighted by atomic mass is 10.0. The second-order valence-electron chi connectivity index (χ2n) is 6.76. The zero-order valence-electron chi connectivity index (χ0n) is 14.4. The molecule has 0 spiro atoms. The van der Waals surface area contributed by atoms with E-state index in [1.54, 1.807) is 15.7 Å². The van der Waals surface area contributed by atoms with Crippen LogP contribution in [0.2, 0.25) is 0 Å². The Morgan fingerprint density at radius 3 is 2.50 bits per heavy atom. The maximum atomic E-state index is 12.7. The standard InChI is InChI=1S/C17H19F3N4OS/c1-11-9-24(13-5-3-12(4-6-13)17(18,19)20)15(26-11)22-14(25)23-8-7-16(2,21)10-23/h3-6,9H,7-8,10,21H2,1-2H3/b22-15-/t16-/m1/s1. The zero-order chi connectivity index (χ0) is 19.1. The zero-order valence-corrected chi connectivity index (χ0v) is 15.2. The minimum Gasteiger partial charge on any atom is -0.324 e. The predicted octanol–water partition coefficient (Wildman–Crippen LogP) is 3.31. The Balaban J connectivity index is 1.92. The van der Waals surface area contributed by atoms with Crippen LogP contribution in [-0.4, -0.2) is 34.1 Å². The Morgan fingerprint density at radius 1 is 1.31 bits per heavy atom. The summed E-state index contributed by atoms with van der Waals surface area (Å²) in [5.41, 5.74) is 5.42. The largest absolute Gasteiger partial charge is 0.416 e. The number of aryl methyl sites for hydroxylation is 1. The number of carbonyl (C=O) groups is 1. The van der Waals surface area contributed by atoms with E-state index in [4.69, 9.17) is 5.73 Å². The molecule has 0 radical (unpaired) electrons. The number of nitrogens with zero attached hydrogens (tertiary/aromatic N) is 3. The molecule has 3 rings (SSSR count). The molecule has 9 heteroatoms. The Bertz CT molecular complexity index is 881. The molecule has 2 aromatic rings. The van der Waals surface area contributed by atoms with E-state index in [9.17, 15) is 18.0 Å². The lowest BCUT2D eigenvalue weighted by Gasteiger charge is -2.17. The van der Waals surface area contributed by atoms with Gasteiger partial charge in [0.25, 0.3) is 0 Å². The third-order valence-electron chi connectivity index (χ3n) is 4.21. The summed E-state index contributed by atoms with van der Waals surface area (Å²) in [5.74, 6) is 0. The summed E-state index contributed by atoms with van der Waals surface area (Å²) >= 11 is 1.30. The number of halogens is 3. The topological polar surface area (TPSA) is 63.6 Å². The Labute approximate surface area is 152 Å². The van der Waals surface area contributed by atoms with Crippen LogP contribution in [0.4, 0.5) is 18.0 Å². The van der Waals surface area contributed by atoms with Crippen molar-refractivity contribution in [3.05, 3.63) is 45.7 Å². The summed E-state index contributed by atoms with van der Waals surface area (Å²) < 4.78 is 39.8. The Hall–Kier alpha value is -2.13. The highest BCUT2D eigenvalue weighted by Gasteiger charge is 2.32. The molecule has 1 aliphatic heterocycles. The van der Waals surface area contributed by atoms with E-state index in [0.29, 0.717) is 30.0 Å². The number of benzene rings is 1. The van der Waals surface area contributed by atoms with Gasteiger partial charge in [0.2, 0.25) is 0 Å². The molecule has 0 bridgehead atoms. The highest BCUT2D eigenvalue weighted by molar-refractivity contribution is 7.09. The van der Waals surface area contributed by atoms with Gasteiger partial charge in [0.1, 0.15) is 0 Å². The number of aromatic nitrogens is 1. The van der Waals surface area contributed by atoms with Gasteiger partial charge in [-0.1, -0.05) is 0 Å². The Morgan fingerprint density at radius 2 is 1.96 bits per heavy atom. The monoisotopic (exact) mass is 384 g/mol. The van der Waals surface area contributed by atoms with E-state index in [1.807, 2.05) is 13.8 Å². The molecule has 140 valence electrons. The van der Waals surface area contributed by atoms with Crippen molar-refractivity contribution in [3.63, 3.8) is 0 Å². The highest BCUT2D eigenvalue weighted by Crippen LogP contribution is 2.29. The molecule has 5 nitrogen and oxygen atoms in total. The molecule has 2 heterocycles. The third kappa shape index (κ3) is 3.99. The molecule has 1 aromatic carbocycles. The summed E-state index contributed by atoms with van der Waals surface area (Å²) in [7, 11) is 0. The van der Waals surface area contributed by atoms with Gasteiger partial charge in [0.15, 0.2) is 4.80 Å². The predicted molar refractivity (Wildman–Crippen MR) is 93.1 cm³/mol. The molecule has 0 aliphatic carbocycles. The number of rotatable bonds is 1. The van der Waals surface area contributed by atoms with Crippen molar-refractivity contribution in [2.45, 2.75) is 32.0 Å². The van der Waals surface area contributed by atoms with Crippen LogP contribution in [0.1, 0.15) is 23.8 Å². The van der Waals surface area contributed by atoms with Crippen LogP contribution in [-0.2, 0) is 6.18 Å². The van der Waals surface area contributed by atoms with E-state index < -0.39 is 17.3 Å². The number of alkyl halides is 3. The first-order valence-electron chi connectivity index (χ1n) is 8.04. The number of amides is 2. The smallest absolute Gasteiger partial charge is 0.324 e. The number of thiazole rings is 1. The van der Waals surface area contributed by atoms with Gasteiger partial charge < -0.3 is 10.6 Å². The van der Waals surface area contributed by atoms with Crippen LogP contribution < -0.4 is 10.5 Å². The summed E-state index contributed by atoms with van der Waals surface area (Å²) in [5, 5.41) is 0. The molecular weight excluding hydrogens is 365 g/mol. The quantitative estimate of drug-likeness (QED) is 0.820. The van der Waals surface area contributed by atoms with Gasteiger partial charge in [0.05, 0.1) is 5.56 Å². The van der Waals surface area contributed by atoms with E-state index in [1.165, 1.54) is 23.5 Å². The molecule has 1 atom stereocenters. The fourth-order valence-corrected chi connectivity index (χ4v) is 3.66. The van der Waals surface area contributed by atoms with Crippen molar-refractivity contribution in [1.29, 1.82) is 0 Å². The first-order chi connectivity index (χ1) is 12.0. The van der Waals surface area contributed by atoms with Gasteiger partial charge in [0, 0.05) is 35.4 Å². The van der Waals surface area contributed by atoms with Crippen molar-refractivity contribution in [3.8, 4) is 5.69 Å². The van der Waals surface area contributed by atoms with Crippen LogP contribution in [0.15, 0.2) is 35.5 Å². The second-order valence-corrected chi connectivity index (χ2v) is 7.97. The molecule has 1 aromatic heterocycles. The van der Waals surface area contributed by atoms with Crippen molar-refractivity contribution in [1.82, 2.24) is 9.47 Å². The van der Waals surface area contributed by atoms with Gasteiger partial charge >= 0.3 is 12.2 Å². The first-order valence-corrected chi connectivity index (χ1v) is 8.86. The number of urea groups is 1. The summed E-state index contributed by atoms with van der Waals surface area (Å²) in [6, 6.07) is 4.38. The molecule has 1 fully saturated rings. The average molecular weight is 384 g/mol. The molecule has 0 saturated carbocycles. The minimum absolute atomic E-state index is 0.387. The van der Waals surface area contributed by atoms with E-state index >= 15 is 0 Å². The molecule has 2 amide bonds. The normalized spacial score (nSPS) is 21.5. The van der Waals surface area contributed by atoms with Crippen LogP contribution >= 0.6 is 11.3 Å². The number of carbonyl (C=O) groups excluding carboxylic acids is 1. The fraction of sp³-hybridized carbons (Fsp3) is 0.412. The first kappa shape index (κ1) is 18.7. The van der Waals surface area contributed by atoms with Gasteiger partial charge in [-0.15, -0.1) is 11.3 Å². The van der Waals surface area contributed by atoms with E-state index in [2.05, 4.69) is 4.99 Å². The third-order valence-corrected chi connectivity index (χ3v) is 5.11. The van der Waals surface area contributed by atoms with Crippen molar-refractivity contribution < 1.29 is 18.0 Å². The average Bonchev–Trinajstić information content (AvgIpc) is 3.09. The number of hydrogen-bond donors (Lipinski definition) is 1. The molecule has 26 heavy (non-hydrogen) atoms. The van der Waals surface area contributed by atoms with Crippen LogP contribution in [0.25, 0.3) is 5.69 Å². The summed E-state index contributed by atoms with van der Waals surface area (Å²) in [6.07, 6.45) is -1.94.